The van der Waals surface area contributed by atoms with Crippen molar-refractivity contribution in [1.29, 1.82) is 0 Å². The largest absolute Gasteiger partial charge is 0.383 e. The molecule has 0 aliphatic carbocycles. The summed E-state index contributed by atoms with van der Waals surface area (Å²) in [7, 11) is 3.32. The van der Waals surface area contributed by atoms with Crippen LogP contribution in [-0.4, -0.2) is 63.4 Å². The predicted molar refractivity (Wildman–Crippen MR) is 72.7 cm³/mol. The van der Waals surface area contributed by atoms with E-state index in [2.05, 4.69) is 12.2 Å². The summed E-state index contributed by atoms with van der Waals surface area (Å²) in [5, 5.41) is 3.03. The summed E-state index contributed by atoms with van der Waals surface area (Å²) in [6.07, 6.45) is 0.912. The zero-order valence-electron chi connectivity index (χ0n) is 12.4. The van der Waals surface area contributed by atoms with Crippen LogP contribution in [-0.2, 0) is 14.3 Å². The normalized spacial score (nSPS) is 11.9. The van der Waals surface area contributed by atoms with Crippen LogP contribution in [0.4, 0.5) is 0 Å². The van der Waals surface area contributed by atoms with Crippen LogP contribution in [0.3, 0.4) is 0 Å². The van der Waals surface area contributed by atoms with Crippen molar-refractivity contribution >= 4 is 5.91 Å². The van der Waals surface area contributed by atoms with Gasteiger partial charge >= 0.3 is 0 Å². The summed E-state index contributed by atoms with van der Waals surface area (Å²) in [4.78, 5) is 14.0. The fourth-order valence-corrected chi connectivity index (χ4v) is 1.42. The van der Waals surface area contributed by atoms with E-state index in [-0.39, 0.29) is 11.4 Å². The minimum absolute atomic E-state index is 0.0501. The number of hydrogen-bond donors (Lipinski definition) is 1. The molecule has 18 heavy (non-hydrogen) atoms. The molecule has 0 atom stereocenters. The van der Waals surface area contributed by atoms with Gasteiger partial charge in [-0.25, -0.2) is 0 Å². The summed E-state index contributed by atoms with van der Waals surface area (Å²) < 4.78 is 10.1. The number of ether oxygens (including phenoxy) is 2. The summed E-state index contributed by atoms with van der Waals surface area (Å²) in [5.41, 5.74) is -0.148. The van der Waals surface area contributed by atoms with Crippen LogP contribution < -0.4 is 5.32 Å². The van der Waals surface area contributed by atoms with Crippen LogP contribution in [0.5, 0.6) is 0 Å². The third-order valence-corrected chi connectivity index (χ3v) is 2.95. The molecule has 1 amide bonds. The predicted octanol–water partition coefficient (Wildman–Crippen LogP) is 0.886. The maximum atomic E-state index is 11.9. The fourth-order valence-electron chi connectivity index (χ4n) is 1.42. The van der Waals surface area contributed by atoms with Crippen LogP contribution in [0.15, 0.2) is 0 Å². The van der Waals surface area contributed by atoms with E-state index in [4.69, 9.17) is 9.47 Å². The van der Waals surface area contributed by atoms with Crippen molar-refractivity contribution in [3.05, 3.63) is 0 Å². The number of nitrogens with zero attached hydrogens (tertiary/aromatic N) is 1. The summed E-state index contributed by atoms with van der Waals surface area (Å²) >= 11 is 0. The van der Waals surface area contributed by atoms with Gasteiger partial charge in [0.15, 0.2) is 0 Å². The molecule has 5 nitrogen and oxygen atoms in total. The zero-order chi connectivity index (χ0) is 14.0. The second kappa shape index (κ2) is 9.30. The number of rotatable bonds is 10. The highest BCUT2D eigenvalue weighted by atomic mass is 16.5. The first kappa shape index (κ1) is 17.4. The molecule has 108 valence electrons. The highest BCUT2D eigenvalue weighted by Crippen LogP contribution is 2.06. The monoisotopic (exact) mass is 260 g/mol. The Kier molecular flexibility index (Phi) is 8.97. The highest BCUT2D eigenvalue weighted by molar-refractivity contribution is 5.78. The molecule has 0 fully saturated rings. The number of nitrogens with one attached hydrogen (secondary N) is 1. The Morgan fingerprint density at radius 3 is 2.06 bits per heavy atom. The van der Waals surface area contributed by atoms with Crippen LogP contribution in [0.2, 0.25) is 0 Å². The first-order chi connectivity index (χ1) is 8.45. The zero-order valence-corrected chi connectivity index (χ0v) is 12.4. The standard InChI is InChI=1S/C13H28N2O3/c1-6-13(2,3)14-12(16)11-15(7-9-17-4)8-10-18-5/h6-11H2,1-5H3,(H,14,16). The Balaban J connectivity index is 4.16. The topological polar surface area (TPSA) is 50.8 Å². The molecule has 0 saturated heterocycles. The van der Waals surface area contributed by atoms with Gasteiger partial charge in [0.05, 0.1) is 19.8 Å². The molecule has 0 aliphatic heterocycles. The Hall–Kier alpha value is -0.650. The van der Waals surface area contributed by atoms with E-state index < -0.39 is 0 Å². The minimum Gasteiger partial charge on any atom is -0.383 e. The molecule has 0 rings (SSSR count). The van der Waals surface area contributed by atoms with Crippen molar-refractivity contribution in [2.45, 2.75) is 32.7 Å². The van der Waals surface area contributed by atoms with Crippen LogP contribution in [0.25, 0.3) is 0 Å². The lowest BCUT2D eigenvalue weighted by Gasteiger charge is -2.27. The molecule has 0 heterocycles. The second-order valence-corrected chi connectivity index (χ2v) is 5.05. The van der Waals surface area contributed by atoms with Gasteiger partial charge in [-0.3, -0.25) is 9.69 Å². The molecule has 0 aromatic carbocycles. The Labute approximate surface area is 111 Å². The lowest BCUT2D eigenvalue weighted by atomic mass is 10.0. The van der Waals surface area contributed by atoms with Gasteiger partial charge < -0.3 is 14.8 Å². The highest BCUT2D eigenvalue weighted by Gasteiger charge is 2.19. The van der Waals surface area contributed by atoms with E-state index in [1.54, 1.807) is 14.2 Å². The lowest BCUT2D eigenvalue weighted by molar-refractivity contribution is -0.124. The van der Waals surface area contributed by atoms with Gasteiger partial charge in [0.2, 0.25) is 5.91 Å². The van der Waals surface area contributed by atoms with Gasteiger partial charge in [0.1, 0.15) is 0 Å². The van der Waals surface area contributed by atoms with E-state index in [9.17, 15) is 4.79 Å². The molecule has 0 saturated carbocycles. The molecular weight excluding hydrogens is 232 g/mol. The van der Waals surface area contributed by atoms with E-state index >= 15 is 0 Å². The average Bonchev–Trinajstić information content (AvgIpc) is 2.32. The van der Waals surface area contributed by atoms with Crippen molar-refractivity contribution in [3.8, 4) is 0 Å². The van der Waals surface area contributed by atoms with E-state index in [1.165, 1.54) is 0 Å². The number of hydrogen-bond acceptors (Lipinski definition) is 4. The smallest absolute Gasteiger partial charge is 0.234 e. The summed E-state index contributed by atoms with van der Waals surface area (Å²) in [5.74, 6) is 0.0501. The minimum atomic E-state index is -0.148. The summed E-state index contributed by atoms with van der Waals surface area (Å²) in [6, 6.07) is 0. The molecular formula is C13H28N2O3. The third kappa shape index (κ3) is 8.44. The molecule has 0 aromatic rings. The third-order valence-electron chi connectivity index (χ3n) is 2.95. The average molecular weight is 260 g/mol. The number of carbonyl (C=O) groups is 1. The molecule has 0 unspecified atom stereocenters. The van der Waals surface area contributed by atoms with E-state index in [1.807, 2.05) is 18.7 Å². The van der Waals surface area contributed by atoms with Crippen molar-refractivity contribution in [3.63, 3.8) is 0 Å². The molecule has 0 bridgehead atoms. The number of amides is 1. The summed E-state index contributed by atoms with van der Waals surface area (Å²) in [6.45, 7) is 9.21. The second-order valence-electron chi connectivity index (χ2n) is 5.05. The van der Waals surface area contributed by atoms with E-state index in [0.29, 0.717) is 19.8 Å². The van der Waals surface area contributed by atoms with Crippen molar-refractivity contribution in [2.75, 3.05) is 47.1 Å². The van der Waals surface area contributed by atoms with Crippen molar-refractivity contribution in [1.82, 2.24) is 10.2 Å². The first-order valence-corrected chi connectivity index (χ1v) is 6.46. The van der Waals surface area contributed by atoms with Crippen LogP contribution in [0, 0.1) is 0 Å². The van der Waals surface area contributed by atoms with E-state index in [0.717, 1.165) is 19.5 Å². The quantitative estimate of drug-likeness (QED) is 0.634. The van der Waals surface area contributed by atoms with Crippen LogP contribution in [0.1, 0.15) is 27.2 Å². The fraction of sp³-hybridized carbons (Fsp3) is 0.923. The molecule has 1 N–H and O–H groups in total. The lowest BCUT2D eigenvalue weighted by Crippen LogP contribution is -2.48. The number of methoxy groups -OCH3 is 2. The molecule has 0 aliphatic rings. The van der Waals surface area contributed by atoms with Gasteiger partial charge in [0.25, 0.3) is 0 Å². The van der Waals surface area contributed by atoms with Crippen LogP contribution >= 0.6 is 0 Å². The van der Waals surface area contributed by atoms with Crippen molar-refractivity contribution in [2.24, 2.45) is 0 Å². The molecule has 0 spiro atoms. The maximum Gasteiger partial charge on any atom is 0.234 e. The molecule has 0 aromatic heterocycles. The first-order valence-electron chi connectivity index (χ1n) is 6.46. The SMILES string of the molecule is CCC(C)(C)NC(=O)CN(CCOC)CCOC. The van der Waals surface area contributed by atoms with Gasteiger partial charge in [-0.15, -0.1) is 0 Å². The van der Waals surface area contributed by atoms with Gasteiger partial charge in [-0.05, 0) is 20.3 Å². The van der Waals surface area contributed by atoms with Gasteiger partial charge in [0, 0.05) is 32.8 Å². The Morgan fingerprint density at radius 1 is 1.17 bits per heavy atom. The maximum absolute atomic E-state index is 11.9. The Bertz CT molecular complexity index is 224. The molecule has 0 radical (unpaired) electrons. The Morgan fingerprint density at radius 2 is 1.67 bits per heavy atom. The van der Waals surface area contributed by atoms with Gasteiger partial charge in [-0.1, -0.05) is 6.92 Å². The van der Waals surface area contributed by atoms with Crippen molar-refractivity contribution < 1.29 is 14.3 Å². The molecule has 5 heteroatoms. The number of carbonyl (C=O) groups excluding carboxylic acids is 1. The van der Waals surface area contributed by atoms with Gasteiger partial charge in [-0.2, -0.15) is 0 Å².